The van der Waals surface area contributed by atoms with Gasteiger partial charge in [-0.25, -0.2) is 22.5 Å². The Bertz CT molecular complexity index is 699. The number of halogens is 2. The van der Waals surface area contributed by atoms with Crippen LogP contribution in [0.5, 0.6) is 0 Å². The molecule has 0 atom stereocenters. The number of nitrogens with one attached hydrogen (secondary N) is 1. The predicted molar refractivity (Wildman–Crippen MR) is 72.1 cm³/mol. The van der Waals surface area contributed by atoms with Gasteiger partial charge in [-0.3, -0.25) is 0 Å². The second-order valence-electron chi connectivity index (χ2n) is 4.11. The SMILES string of the molecule is CS(=O)(=O)NCCn1c(CCl)nc2cc(F)ccc21. The molecule has 0 fully saturated rings. The van der Waals surface area contributed by atoms with Crippen molar-refractivity contribution < 1.29 is 12.8 Å². The van der Waals surface area contributed by atoms with E-state index in [0.29, 0.717) is 17.9 Å². The van der Waals surface area contributed by atoms with Gasteiger partial charge < -0.3 is 4.57 Å². The molecule has 2 aromatic rings. The standard InChI is InChI=1S/C11H13ClFN3O2S/c1-19(17,18)14-4-5-16-10-3-2-8(13)6-9(10)15-11(16)7-12/h2-3,6,14H,4-5,7H2,1H3. The molecule has 0 aliphatic heterocycles. The lowest BCUT2D eigenvalue weighted by Crippen LogP contribution is -2.26. The molecule has 19 heavy (non-hydrogen) atoms. The third kappa shape index (κ3) is 3.43. The average molecular weight is 306 g/mol. The molecule has 0 saturated heterocycles. The van der Waals surface area contributed by atoms with Crippen molar-refractivity contribution in [1.82, 2.24) is 14.3 Å². The van der Waals surface area contributed by atoms with Crippen LogP contribution in [0, 0.1) is 5.82 Å². The summed E-state index contributed by atoms with van der Waals surface area (Å²) < 4.78 is 39.3. The van der Waals surface area contributed by atoms with Crippen LogP contribution in [-0.2, 0) is 22.4 Å². The van der Waals surface area contributed by atoms with E-state index >= 15 is 0 Å². The number of hydrogen-bond donors (Lipinski definition) is 1. The maximum Gasteiger partial charge on any atom is 0.208 e. The lowest BCUT2D eigenvalue weighted by molar-refractivity contribution is 0.578. The monoisotopic (exact) mass is 305 g/mol. The number of benzene rings is 1. The second-order valence-corrected chi connectivity index (χ2v) is 6.21. The Labute approximate surface area is 115 Å². The molecule has 1 aromatic heterocycles. The Morgan fingerprint density at radius 3 is 2.84 bits per heavy atom. The summed E-state index contributed by atoms with van der Waals surface area (Å²) in [5.74, 6) is 0.389. The number of imidazole rings is 1. The first kappa shape index (κ1) is 14.2. The highest BCUT2D eigenvalue weighted by Gasteiger charge is 2.11. The molecular formula is C11H13ClFN3O2S. The Hall–Kier alpha value is -1.18. The van der Waals surface area contributed by atoms with Gasteiger partial charge in [0.25, 0.3) is 0 Å². The van der Waals surface area contributed by atoms with Gasteiger partial charge in [0.15, 0.2) is 0 Å². The fraction of sp³-hybridized carbons (Fsp3) is 0.364. The van der Waals surface area contributed by atoms with Gasteiger partial charge in [0.1, 0.15) is 11.6 Å². The van der Waals surface area contributed by atoms with E-state index in [4.69, 9.17) is 11.6 Å². The highest BCUT2D eigenvalue weighted by Crippen LogP contribution is 2.18. The number of sulfonamides is 1. The first-order chi connectivity index (χ1) is 8.90. The van der Waals surface area contributed by atoms with Crippen LogP contribution in [0.25, 0.3) is 11.0 Å². The predicted octanol–water partition coefficient (Wildman–Crippen LogP) is 1.46. The minimum Gasteiger partial charge on any atom is -0.326 e. The first-order valence-electron chi connectivity index (χ1n) is 5.56. The molecule has 0 spiro atoms. The molecule has 0 bridgehead atoms. The van der Waals surface area contributed by atoms with Gasteiger partial charge in [0.05, 0.1) is 23.2 Å². The molecule has 2 rings (SSSR count). The zero-order chi connectivity index (χ0) is 14.0. The maximum absolute atomic E-state index is 13.1. The van der Waals surface area contributed by atoms with Crippen LogP contribution in [0.15, 0.2) is 18.2 Å². The van der Waals surface area contributed by atoms with E-state index in [1.54, 1.807) is 10.6 Å². The zero-order valence-electron chi connectivity index (χ0n) is 10.2. The smallest absolute Gasteiger partial charge is 0.208 e. The minimum absolute atomic E-state index is 0.176. The van der Waals surface area contributed by atoms with E-state index in [1.807, 2.05) is 0 Å². The van der Waals surface area contributed by atoms with E-state index in [0.717, 1.165) is 11.8 Å². The highest BCUT2D eigenvalue weighted by molar-refractivity contribution is 7.88. The molecule has 104 valence electrons. The normalized spacial score (nSPS) is 12.2. The molecule has 1 heterocycles. The van der Waals surface area contributed by atoms with Crippen molar-refractivity contribution in [2.45, 2.75) is 12.4 Å². The lowest BCUT2D eigenvalue weighted by Gasteiger charge is -2.07. The summed E-state index contributed by atoms with van der Waals surface area (Å²) in [6.45, 7) is 0.614. The number of hydrogen-bond acceptors (Lipinski definition) is 3. The molecule has 0 unspecified atom stereocenters. The van der Waals surface area contributed by atoms with Gasteiger partial charge in [-0.2, -0.15) is 0 Å². The van der Waals surface area contributed by atoms with E-state index < -0.39 is 10.0 Å². The molecule has 0 aliphatic rings. The van der Waals surface area contributed by atoms with Crippen molar-refractivity contribution in [3.8, 4) is 0 Å². The third-order valence-electron chi connectivity index (χ3n) is 2.61. The van der Waals surface area contributed by atoms with Crippen molar-refractivity contribution in [2.24, 2.45) is 0 Å². The molecule has 8 heteroatoms. The minimum atomic E-state index is -3.23. The molecule has 0 amide bonds. The van der Waals surface area contributed by atoms with Crippen molar-refractivity contribution in [3.05, 3.63) is 29.8 Å². The third-order valence-corrected chi connectivity index (χ3v) is 3.58. The van der Waals surface area contributed by atoms with E-state index in [-0.39, 0.29) is 18.2 Å². The highest BCUT2D eigenvalue weighted by atomic mass is 35.5. The quantitative estimate of drug-likeness (QED) is 0.851. The maximum atomic E-state index is 13.1. The summed E-state index contributed by atoms with van der Waals surface area (Å²) in [5, 5.41) is 0. The van der Waals surface area contributed by atoms with Gasteiger partial charge in [0, 0.05) is 19.2 Å². The van der Waals surface area contributed by atoms with E-state index in [9.17, 15) is 12.8 Å². The average Bonchev–Trinajstić information content (AvgIpc) is 2.65. The second kappa shape index (κ2) is 5.44. The molecule has 0 aliphatic carbocycles. The van der Waals surface area contributed by atoms with Crippen molar-refractivity contribution in [1.29, 1.82) is 0 Å². The number of aromatic nitrogens is 2. The molecule has 1 aromatic carbocycles. The number of fused-ring (bicyclic) bond motifs is 1. The van der Waals surface area contributed by atoms with Gasteiger partial charge in [-0.15, -0.1) is 11.6 Å². The molecule has 0 saturated carbocycles. The van der Waals surface area contributed by atoms with Crippen molar-refractivity contribution >= 4 is 32.7 Å². The molecular weight excluding hydrogens is 293 g/mol. The van der Waals surface area contributed by atoms with Gasteiger partial charge in [-0.05, 0) is 12.1 Å². The van der Waals surface area contributed by atoms with Crippen LogP contribution in [-0.4, -0.2) is 30.8 Å². The summed E-state index contributed by atoms with van der Waals surface area (Å²) in [5.41, 5.74) is 1.24. The van der Waals surface area contributed by atoms with Crippen LogP contribution in [0.2, 0.25) is 0 Å². The van der Waals surface area contributed by atoms with Crippen LogP contribution in [0.1, 0.15) is 5.82 Å². The van der Waals surface area contributed by atoms with E-state index in [2.05, 4.69) is 9.71 Å². The summed E-state index contributed by atoms with van der Waals surface area (Å²) in [4.78, 5) is 4.22. The fourth-order valence-electron chi connectivity index (χ4n) is 1.85. The van der Waals surface area contributed by atoms with Crippen LogP contribution in [0.3, 0.4) is 0 Å². The molecule has 5 nitrogen and oxygen atoms in total. The summed E-state index contributed by atoms with van der Waals surface area (Å²) in [6.07, 6.45) is 1.09. The molecule has 0 radical (unpaired) electrons. The summed E-state index contributed by atoms with van der Waals surface area (Å²) in [6, 6.07) is 4.27. The zero-order valence-corrected chi connectivity index (χ0v) is 11.8. The van der Waals surface area contributed by atoms with Gasteiger partial charge in [-0.1, -0.05) is 0 Å². The summed E-state index contributed by atoms with van der Waals surface area (Å²) >= 11 is 5.80. The fourth-order valence-corrected chi connectivity index (χ4v) is 2.51. The van der Waals surface area contributed by atoms with Crippen LogP contribution >= 0.6 is 11.6 Å². The number of nitrogens with zero attached hydrogens (tertiary/aromatic N) is 2. The first-order valence-corrected chi connectivity index (χ1v) is 7.98. The Morgan fingerprint density at radius 2 is 2.21 bits per heavy atom. The lowest BCUT2D eigenvalue weighted by atomic mass is 10.3. The topological polar surface area (TPSA) is 64.0 Å². The van der Waals surface area contributed by atoms with Gasteiger partial charge >= 0.3 is 0 Å². The van der Waals surface area contributed by atoms with Crippen LogP contribution < -0.4 is 4.72 Å². The Balaban J connectivity index is 2.30. The van der Waals surface area contributed by atoms with E-state index in [1.165, 1.54) is 12.1 Å². The number of rotatable bonds is 5. The van der Waals surface area contributed by atoms with Crippen molar-refractivity contribution in [2.75, 3.05) is 12.8 Å². The summed E-state index contributed by atoms with van der Waals surface area (Å²) in [7, 11) is -3.23. The van der Waals surface area contributed by atoms with Crippen molar-refractivity contribution in [3.63, 3.8) is 0 Å². The van der Waals surface area contributed by atoms with Gasteiger partial charge in [0.2, 0.25) is 10.0 Å². The number of alkyl halides is 1. The Kier molecular flexibility index (Phi) is 4.07. The van der Waals surface area contributed by atoms with Crippen LogP contribution in [0.4, 0.5) is 4.39 Å². The molecule has 1 N–H and O–H groups in total. The Morgan fingerprint density at radius 1 is 1.47 bits per heavy atom. The largest absolute Gasteiger partial charge is 0.326 e.